The highest BCUT2D eigenvalue weighted by Crippen LogP contribution is 2.49. The Balaban J connectivity index is 1.63. The van der Waals surface area contributed by atoms with Crippen molar-refractivity contribution in [1.82, 2.24) is 14.2 Å². The minimum Gasteiger partial charge on any atom is -0.497 e. The first-order chi connectivity index (χ1) is 25.5. The van der Waals surface area contributed by atoms with Gasteiger partial charge in [-0.2, -0.15) is 0 Å². The average Bonchev–Trinajstić information content (AvgIpc) is 3.56. The van der Waals surface area contributed by atoms with Gasteiger partial charge in [-0.15, -0.1) is 0 Å². The quantitative estimate of drug-likeness (QED) is 0.0538. The minimum absolute atomic E-state index is 0.0635. The number of methoxy groups -OCH3 is 2. The fourth-order valence-corrected chi connectivity index (χ4v) is 8.25. The van der Waals surface area contributed by atoms with E-state index in [1.807, 2.05) is 78.9 Å². The van der Waals surface area contributed by atoms with Crippen LogP contribution in [0.1, 0.15) is 62.6 Å². The van der Waals surface area contributed by atoms with E-state index in [9.17, 15) is 9.59 Å². The molecule has 0 amide bonds. The van der Waals surface area contributed by atoms with Crippen molar-refractivity contribution in [3.05, 3.63) is 140 Å². The number of ether oxygens (including phenoxy) is 4. The van der Waals surface area contributed by atoms with Gasteiger partial charge in [0.2, 0.25) is 6.54 Å². The molecule has 0 radical (unpaired) electrons. The van der Waals surface area contributed by atoms with Gasteiger partial charge in [0, 0.05) is 30.3 Å². The lowest BCUT2D eigenvalue weighted by molar-refractivity contribution is -0.0974. The van der Waals surface area contributed by atoms with Crippen molar-refractivity contribution in [3.63, 3.8) is 0 Å². The zero-order chi connectivity index (χ0) is 38.1. The molecule has 1 fully saturated rings. The average molecular weight is 745 g/mol. The summed E-state index contributed by atoms with van der Waals surface area (Å²) in [5, 5.41) is 0. The highest BCUT2D eigenvalue weighted by Gasteiger charge is 2.47. The summed E-state index contributed by atoms with van der Waals surface area (Å²) in [4.78, 5) is 31.4. The van der Waals surface area contributed by atoms with Gasteiger partial charge in [-0.3, -0.25) is 14.3 Å². The van der Waals surface area contributed by atoms with Crippen LogP contribution in [0.3, 0.4) is 0 Å². The predicted molar refractivity (Wildman–Crippen MR) is 204 cm³/mol. The van der Waals surface area contributed by atoms with E-state index < -0.39 is 43.8 Å². The SMILES string of the molecule is [C-]#[N+]CCOP(OC[C@H]1O[C@@H](n2cc(C)c(=O)[nH]c2=O)CC1OC(c1ccccc1)(c1ccc(OC)cc1)c1ccc(OC)cc1)N(C(C)C)C(C)C. The second-order valence-electron chi connectivity index (χ2n) is 13.3. The summed E-state index contributed by atoms with van der Waals surface area (Å²) in [5.41, 5.74) is 0.708. The molecule has 0 spiro atoms. The van der Waals surface area contributed by atoms with Crippen molar-refractivity contribution in [3.8, 4) is 11.5 Å². The monoisotopic (exact) mass is 744 g/mol. The van der Waals surface area contributed by atoms with E-state index in [2.05, 4.69) is 42.2 Å². The van der Waals surface area contributed by atoms with Gasteiger partial charge in [0.15, 0.2) is 0 Å². The summed E-state index contributed by atoms with van der Waals surface area (Å²) in [6.45, 7) is 17.7. The Labute approximate surface area is 312 Å². The second-order valence-corrected chi connectivity index (χ2v) is 14.8. The van der Waals surface area contributed by atoms with Crippen LogP contribution in [-0.4, -0.2) is 72.5 Å². The molecule has 2 unspecified atom stereocenters. The molecule has 13 heteroatoms. The van der Waals surface area contributed by atoms with Gasteiger partial charge >= 0.3 is 5.69 Å². The van der Waals surface area contributed by atoms with Gasteiger partial charge in [0.05, 0.1) is 26.9 Å². The van der Waals surface area contributed by atoms with E-state index in [1.54, 1.807) is 21.1 Å². The van der Waals surface area contributed by atoms with Crippen LogP contribution in [-0.2, 0) is 24.1 Å². The maximum atomic E-state index is 13.2. The zero-order valence-corrected chi connectivity index (χ0v) is 32.2. The zero-order valence-electron chi connectivity index (χ0n) is 31.4. The predicted octanol–water partition coefficient (Wildman–Crippen LogP) is 6.83. The molecule has 12 nitrogen and oxygen atoms in total. The summed E-state index contributed by atoms with van der Waals surface area (Å²) >= 11 is 0. The van der Waals surface area contributed by atoms with Crippen LogP contribution in [0.2, 0.25) is 0 Å². The van der Waals surface area contributed by atoms with E-state index in [0.717, 1.165) is 16.7 Å². The highest BCUT2D eigenvalue weighted by molar-refractivity contribution is 7.44. The molecule has 0 aliphatic carbocycles. The highest BCUT2D eigenvalue weighted by atomic mass is 31.2. The van der Waals surface area contributed by atoms with E-state index in [-0.39, 0.29) is 38.3 Å². The van der Waals surface area contributed by atoms with Gasteiger partial charge in [0.1, 0.15) is 36.0 Å². The number of aromatic amines is 1. The summed E-state index contributed by atoms with van der Waals surface area (Å²) in [7, 11) is 1.65. The number of aromatic nitrogens is 2. The molecule has 1 saturated heterocycles. The summed E-state index contributed by atoms with van der Waals surface area (Å²) in [5.74, 6) is 1.39. The van der Waals surface area contributed by atoms with Crippen LogP contribution >= 0.6 is 8.53 Å². The molecule has 2 heterocycles. The maximum absolute atomic E-state index is 13.2. The number of hydrogen-bond donors (Lipinski definition) is 1. The maximum Gasteiger partial charge on any atom is 0.330 e. The lowest BCUT2D eigenvalue weighted by Gasteiger charge is -2.39. The molecular weight excluding hydrogens is 695 g/mol. The second kappa shape index (κ2) is 18.1. The van der Waals surface area contributed by atoms with Crippen molar-refractivity contribution in [2.75, 3.05) is 34.0 Å². The topological polar surface area (TPSA) is 118 Å². The third-order valence-corrected chi connectivity index (χ3v) is 11.2. The first-order valence-corrected chi connectivity index (χ1v) is 18.8. The molecule has 1 aromatic heterocycles. The van der Waals surface area contributed by atoms with E-state index >= 15 is 0 Å². The summed E-state index contributed by atoms with van der Waals surface area (Å²) in [6, 6.07) is 25.7. The standard InChI is InChI=1S/C40H49N4O8P/c1-27(2)44(28(3)4)53(49-23-22-41-6)50-26-36-35(24-37(51-36)43-25-29(5)38(45)42-39(43)46)52-40(30-12-10-9-11-13-30,31-14-18-33(47-7)19-15-31)32-16-20-34(48-8)21-17-32/h9-21,25,27-28,35-37H,22-24,26H2,1-5,7-8H3,(H,42,45,46)/t35?,36-,37-,53?/m1/s1. The van der Waals surface area contributed by atoms with Gasteiger partial charge in [-0.25, -0.2) is 16.0 Å². The van der Waals surface area contributed by atoms with Crippen molar-refractivity contribution >= 4 is 8.53 Å². The Hall–Kier alpha value is -4.34. The lowest BCUT2D eigenvalue weighted by atomic mass is 9.79. The van der Waals surface area contributed by atoms with Crippen LogP contribution in [0.25, 0.3) is 4.85 Å². The number of benzene rings is 3. The van der Waals surface area contributed by atoms with Crippen LogP contribution in [0.4, 0.5) is 0 Å². The number of rotatable bonds is 17. The van der Waals surface area contributed by atoms with Crippen molar-refractivity contribution in [1.29, 1.82) is 0 Å². The molecule has 3 aromatic carbocycles. The normalized spacial score (nSPS) is 18.0. The Morgan fingerprint density at radius 3 is 2.00 bits per heavy atom. The molecule has 1 aliphatic rings. The van der Waals surface area contributed by atoms with Gasteiger partial charge in [0.25, 0.3) is 14.1 Å². The van der Waals surface area contributed by atoms with Crippen LogP contribution in [0, 0.1) is 13.5 Å². The Morgan fingerprint density at radius 1 is 0.906 bits per heavy atom. The molecule has 4 aromatic rings. The van der Waals surface area contributed by atoms with E-state index in [0.29, 0.717) is 17.1 Å². The Morgan fingerprint density at radius 2 is 1.47 bits per heavy atom. The molecule has 1 N–H and O–H groups in total. The summed E-state index contributed by atoms with van der Waals surface area (Å²) in [6.07, 6.45) is -0.333. The fraction of sp³-hybridized carbons (Fsp3) is 0.425. The van der Waals surface area contributed by atoms with E-state index in [1.165, 1.54) is 10.8 Å². The third-order valence-electron chi connectivity index (χ3n) is 9.14. The number of aryl methyl sites for hydroxylation is 1. The molecule has 0 bridgehead atoms. The van der Waals surface area contributed by atoms with E-state index in [4.69, 9.17) is 34.6 Å². The van der Waals surface area contributed by atoms with Crippen LogP contribution in [0.15, 0.2) is 94.6 Å². The number of nitrogens with one attached hydrogen (secondary N) is 1. The lowest BCUT2D eigenvalue weighted by Crippen LogP contribution is -2.41. The fourth-order valence-electron chi connectivity index (χ4n) is 6.65. The largest absolute Gasteiger partial charge is 0.497 e. The number of hydrogen-bond acceptors (Lipinski definition) is 9. The number of H-pyrrole nitrogens is 1. The number of nitrogens with zero attached hydrogens (tertiary/aromatic N) is 3. The third kappa shape index (κ3) is 9.07. The van der Waals surface area contributed by atoms with Crippen LogP contribution < -0.4 is 20.7 Å². The Kier molecular flexibility index (Phi) is 13.6. The smallest absolute Gasteiger partial charge is 0.330 e. The first-order valence-electron chi connectivity index (χ1n) is 17.7. The molecule has 0 saturated carbocycles. The minimum atomic E-state index is -1.60. The first kappa shape index (κ1) is 39.9. The molecule has 4 atom stereocenters. The molecule has 282 valence electrons. The Bertz CT molecular complexity index is 1870. The molecule has 1 aliphatic heterocycles. The van der Waals surface area contributed by atoms with Crippen molar-refractivity contribution in [2.24, 2.45) is 0 Å². The summed E-state index contributed by atoms with van der Waals surface area (Å²) < 4.78 is 41.6. The molecule has 53 heavy (non-hydrogen) atoms. The molecular formula is C40H49N4O8P. The van der Waals surface area contributed by atoms with Crippen molar-refractivity contribution in [2.45, 2.75) is 77.2 Å². The van der Waals surface area contributed by atoms with Gasteiger partial charge in [-0.05, 0) is 75.6 Å². The van der Waals surface area contributed by atoms with Crippen LogP contribution in [0.5, 0.6) is 11.5 Å². The van der Waals surface area contributed by atoms with Gasteiger partial charge in [-0.1, -0.05) is 54.6 Å². The molecule has 5 rings (SSSR count). The van der Waals surface area contributed by atoms with Crippen molar-refractivity contribution < 1.29 is 28.0 Å². The van der Waals surface area contributed by atoms with Gasteiger partial charge < -0.3 is 32.8 Å².